The number of primary amides is 1. The fourth-order valence-electron chi connectivity index (χ4n) is 3.12. The predicted molar refractivity (Wildman–Crippen MR) is 107 cm³/mol. The normalized spacial score (nSPS) is 14.7. The molecule has 1 aromatic carbocycles. The minimum atomic E-state index is -1.16. The smallest absolute Gasteiger partial charge is 0.256 e. The van der Waals surface area contributed by atoms with Crippen LogP contribution < -0.4 is 15.8 Å². The second-order valence-corrected chi connectivity index (χ2v) is 8.34. The standard InChI is InChI=1S/C20H21N3O5S/c1-10-22-7-13(29-10)9-27-12-4-5-16-14(6-12)17(18(28-16)11-2-3-11)20(26)23-15(8-24)19(21)25/h4-7,11,15,24H,2-3,8-9H2,1H3,(H2,21,25)(H,23,26)/t15-/m0/s1. The molecule has 4 N–H and O–H groups in total. The summed E-state index contributed by atoms with van der Waals surface area (Å²) in [5.74, 6) is 0.0568. The number of aromatic nitrogens is 1. The molecule has 3 aromatic rings. The average Bonchev–Trinajstić information content (AvgIpc) is 3.35. The number of nitrogens with one attached hydrogen (secondary N) is 1. The minimum Gasteiger partial charge on any atom is -0.488 e. The van der Waals surface area contributed by atoms with Crippen LogP contribution in [0.1, 0.15) is 44.8 Å². The van der Waals surface area contributed by atoms with Crippen LogP contribution in [0.4, 0.5) is 0 Å². The van der Waals surface area contributed by atoms with E-state index in [9.17, 15) is 14.7 Å². The molecule has 0 bridgehead atoms. The Balaban J connectivity index is 1.64. The largest absolute Gasteiger partial charge is 0.488 e. The van der Waals surface area contributed by atoms with Gasteiger partial charge >= 0.3 is 0 Å². The van der Waals surface area contributed by atoms with E-state index in [1.54, 1.807) is 35.7 Å². The molecule has 152 valence electrons. The predicted octanol–water partition coefficient (Wildman–Crippen LogP) is 2.23. The van der Waals surface area contributed by atoms with Crippen molar-refractivity contribution in [1.82, 2.24) is 10.3 Å². The number of aliphatic hydroxyl groups excluding tert-OH is 1. The van der Waals surface area contributed by atoms with Crippen LogP contribution in [0.25, 0.3) is 11.0 Å². The van der Waals surface area contributed by atoms with Crippen LogP contribution in [0.15, 0.2) is 28.8 Å². The van der Waals surface area contributed by atoms with E-state index in [0.717, 1.165) is 22.7 Å². The summed E-state index contributed by atoms with van der Waals surface area (Å²) in [5.41, 5.74) is 6.16. The first kappa shape index (κ1) is 19.4. The molecule has 8 nitrogen and oxygen atoms in total. The van der Waals surface area contributed by atoms with E-state index in [1.165, 1.54) is 0 Å². The van der Waals surface area contributed by atoms with Crippen molar-refractivity contribution in [1.29, 1.82) is 0 Å². The monoisotopic (exact) mass is 415 g/mol. The van der Waals surface area contributed by atoms with Gasteiger partial charge in [0, 0.05) is 17.5 Å². The van der Waals surface area contributed by atoms with Crippen LogP contribution in [0, 0.1) is 6.92 Å². The number of benzene rings is 1. The van der Waals surface area contributed by atoms with E-state index >= 15 is 0 Å². The van der Waals surface area contributed by atoms with Gasteiger partial charge in [-0.15, -0.1) is 11.3 Å². The van der Waals surface area contributed by atoms with Crippen LogP contribution in [0.3, 0.4) is 0 Å². The second-order valence-electron chi connectivity index (χ2n) is 7.02. The highest BCUT2D eigenvalue weighted by Gasteiger charge is 2.34. The third-order valence-electron chi connectivity index (χ3n) is 4.74. The number of rotatable bonds is 8. The topological polar surface area (TPSA) is 128 Å². The quantitative estimate of drug-likeness (QED) is 0.518. The van der Waals surface area contributed by atoms with Crippen molar-refractivity contribution >= 4 is 34.1 Å². The maximum atomic E-state index is 12.9. The molecule has 2 heterocycles. The molecule has 2 aromatic heterocycles. The van der Waals surface area contributed by atoms with E-state index in [-0.39, 0.29) is 5.92 Å². The van der Waals surface area contributed by atoms with Gasteiger partial charge in [0.1, 0.15) is 29.7 Å². The Morgan fingerprint density at radius 1 is 1.45 bits per heavy atom. The number of ether oxygens (including phenoxy) is 1. The summed E-state index contributed by atoms with van der Waals surface area (Å²) >= 11 is 1.56. The molecule has 0 unspecified atom stereocenters. The van der Waals surface area contributed by atoms with Crippen molar-refractivity contribution in [3.05, 3.63) is 45.6 Å². The number of aryl methyl sites for hydroxylation is 1. The number of furan rings is 1. The van der Waals surface area contributed by atoms with Crippen molar-refractivity contribution < 1.29 is 23.8 Å². The van der Waals surface area contributed by atoms with Crippen molar-refractivity contribution in [2.45, 2.75) is 38.3 Å². The first-order valence-corrected chi connectivity index (χ1v) is 10.1. The Bertz CT molecular complexity index is 1070. The highest BCUT2D eigenvalue weighted by atomic mass is 32.1. The van der Waals surface area contributed by atoms with Gasteiger partial charge in [0.05, 0.1) is 22.1 Å². The van der Waals surface area contributed by atoms with Crippen molar-refractivity contribution in [3.8, 4) is 5.75 Å². The lowest BCUT2D eigenvalue weighted by molar-refractivity contribution is -0.120. The summed E-state index contributed by atoms with van der Waals surface area (Å²) in [4.78, 5) is 29.5. The molecule has 4 rings (SSSR count). The lowest BCUT2D eigenvalue weighted by atomic mass is 10.1. The molecule has 0 spiro atoms. The van der Waals surface area contributed by atoms with E-state index in [4.69, 9.17) is 14.9 Å². The number of thiazole rings is 1. The Hall–Kier alpha value is -2.91. The van der Waals surface area contributed by atoms with Crippen LogP contribution in [0.5, 0.6) is 5.75 Å². The summed E-state index contributed by atoms with van der Waals surface area (Å²) in [7, 11) is 0. The van der Waals surface area contributed by atoms with E-state index in [2.05, 4.69) is 10.3 Å². The third-order valence-corrected chi connectivity index (χ3v) is 5.63. The maximum Gasteiger partial charge on any atom is 0.256 e. The van der Waals surface area contributed by atoms with Gasteiger partial charge in [-0.3, -0.25) is 9.59 Å². The number of hydrogen-bond donors (Lipinski definition) is 3. The van der Waals surface area contributed by atoms with E-state index in [1.807, 2.05) is 6.92 Å². The summed E-state index contributed by atoms with van der Waals surface area (Å²) in [6.07, 6.45) is 3.65. The lowest BCUT2D eigenvalue weighted by Crippen LogP contribution is -2.46. The molecule has 1 saturated carbocycles. The molecule has 29 heavy (non-hydrogen) atoms. The number of nitrogens with two attached hydrogens (primary N) is 1. The Morgan fingerprint density at radius 3 is 2.86 bits per heavy atom. The maximum absolute atomic E-state index is 12.9. The second kappa shape index (κ2) is 7.84. The molecule has 1 aliphatic carbocycles. The highest BCUT2D eigenvalue weighted by molar-refractivity contribution is 7.11. The molecular weight excluding hydrogens is 394 g/mol. The number of nitrogens with zero attached hydrogens (tertiary/aromatic N) is 1. The number of aliphatic hydroxyl groups is 1. The Labute approximate surface area is 170 Å². The van der Waals surface area contributed by atoms with Crippen LogP contribution in [-0.4, -0.2) is 34.6 Å². The molecule has 0 aliphatic heterocycles. The molecule has 2 amide bonds. The van der Waals surface area contributed by atoms with Gasteiger partial charge in [0.15, 0.2) is 0 Å². The SMILES string of the molecule is Cc1ncc(COc2ccc3oc(C4CC4)c(C(=O)N[C@@H](CO)C(N)=O)c3c2)s1. The molecule has 1 atom stereocenters. The molecule has 0 radical (unpaired) electrons. The molecule has 0 saturated heterocycles. The van der Waals surface area contributed by atoms with Gasteiger partial charge in [-0.1, -0.05) is 0 Å². The van der Waals surface area contributed by atoms with Gasteiger partial charge in [-0.2, -0.15) is 0 Å². The van der Waals surface area contributed by atoms with Gasteiger partial charge in [0.2, 0.25) is 5.91 Å². The zero-order valence-corrected chi connectivity index (χ0v) is 16.6. The summed E-state index contributed by atoms with van der Waals surface area (Å²) < 4.78 is 11.8. The number of carbonyl (C=O) groups is 2. The number of fused-ring (bicyclic) bond motifs is 1. The first-order valence-electron chi connectivity index (χ1n) is 9.28. The molecule has 1 aliphatic rings. The molecule has 1 fully saturated rings. The number of amides is 2. The van der Waals surface area contributed by atoms with Crippen LogP contribution in [-0.2, 0) is 11.4 Å². The highest BCUT2D eigenvalue weighted by Crippen LogP contribution is 2.45. The zero-order chi connectivity index (χ0) is 20.5. The zero-order valence-electron chi connectivity index (χ0n) is 15.8. The number of hydrogen-bond acceptors (Lipinski definition) is 7. The van der Waals surface area contributed by atoms with Crippen molar-refractivity contribution in [2.75, 3.05) is 6.61 Å². The fraction of sp³-hybridized carbons (Fsp3) is 0.350. The van der Waals surface area contributed by atoms with Gasteiger partial charge in [-0.25, -0.2) is 4.98 Å². The van der Waals surface area contributed by atoms with Gasteiger partial charge in [0.25, 0.3) is 5.91 Å². The number of carbonyl (C=O) groups excluding carboxylic acids is 2. The summed E-state index contributed by atoms with van der Waals surface area (Å²) in [6, 6.07) is 4.15. The van der Waals surface area contributed by atoms with Gasteiger partial charge in [-0.05, 0) is 38.0 Å². The third kappa shape index (κ3) is 4.10. The van der Waals surface area contributed by atoms with Gasteiger partial charge < -0.3 is 25.3 Å². The van der Waals surface area contributed by atoms with Crippen molar-refractivity contribution in [3.63, 3.8) is 0 Å². The average molecular weight is 415 g/mol. The fourth-order valence-corrected chi connectivity index (χ4v) is 3.82. The van der Waals surface area contributed by atoms with Crippen molar-refractivity contribution in [2.24, 2.45) is 5.73 Å². The molecule has 9 heteroatoms. The van der Waals surface area contributed by atoms with Crippen LogP contribution >= 0.6 is 11.3 Å². The van der Waals surface area contributed by atoms with E-state index < -0.39 is 24.5 Å². The summed E-state index contributed by atoms with van der Waals surface area (Å²) in [6.45, 7) is 1.74. The molecular formula is C20H21N3O5S. The van der Waals surface area contributed by atoms with E-state index in [0.29, 0.717) is 34.6 Å². The summed E-state index contributed by atoms with van der Waals surface area (Å²) in [5, 5.41) is 13.4. The Morgan fingerprint density at radius 2 is 2.24 bits per heavy atom. The van der Waals surface area contributed by atoms with Crippen LogP contribution in [0.2, 0.25) is 0 Å². The Kier molecular flexibility index (Phi) is 5.25. The lowest BCUT2D eigenvalue weighted by Gasteiger charge is -2.12. The first-order chi connectivity index (χ1) is 14.0. The minimum absolute atomic E-state index is 0.175.